The number of aryl methyl sites for hydroxylation is 2. The monoisotopic (exact) mass is 362 g/mol. The lowest BCUT2D eigenvalue weighted by Gasteiger charge is -2.12. The van der Waals surface area contributed by atoms with Crippen LogP contribution in [-0.4, -0.2) is 15.9 Å². The van der Waals surface area contributed by atoms with E-state index in [-0.39, 0.29) is 5.82 Å². The van der Waals surface area contributed by atoms with Crippen molar-refractivity contribution in [2.45, 2.75) is 24.3 Å². The van der Waals surface area contributed by atoms with Crippen LogP contribution in [0.5, 0.6) is 0 Å². The molecule has 5 nitrogen and oxygen atoms in total. The highest BCUT2D eigenvalue weighted by Crippen LogP contribution is 2.37. The summed E-state index contributed by atoms with van der Waals surface area (Å²) in [5.74, 6) is -0.544. The number of nitrogen functional groups attached to an aromatic ring is 1. The minimum atomic E-state index is -0.718. The Morgan fingerprint density at radius 3 is 2.54 bits per heavy atom. The van der Waals surface area contributed by atoms with Crippen molar-refractivity contribution in [3.05, 3.63) is 46.1 Å². The van der Waals surface area contributed by atoms with Crippen LogP contribution in [0.25, 0.3) is 10.2 Å². The number of carbonyl (C=O) groups excluding carboxylic acids is 1. The third-order valence-corrected chi connectivity index (χ3v) is 5.93. The highest BCUT2D eigenvalue weighted by Gasteiger charge is 2.22. The molecule has 0 radical (unpaired) electrons. The summed E-state index contributed by atoms with van der Waals surface area (Å²) in [5, 5.41) is 0.498. The number of fused-ring (bicyclic) bond motifs is 1. The van der Waals surface area contributed by atoms with Gasteiger partial charge >= 0.3 is 0 Å². The molecule has 0 bridgehead atoms. The molecule has 3 rings (SSSR count). The highest BCUT2D eigenvalue weighted by molar-refractivity contribution is 8.00. The van der Waals surface area contributed by atoms with E-state index < -0.39 is 11.2 Å². The van der Waals surface area contributed by atoms with Crippen molar-refractivity contribution in [2.24, 2.45) is 5.73 Å². The molecular formula is C16H15FN4OS2. The van der Waals surface area contributed by atoms with Gasteiger partial charge in [0.2, 0.25) is 5.91 Å². The SMILES string of the molecule is Cc1sc2nc(S[C@@H](C(N)=O)c3ccc(F)cc3)nc(N)c2c1C. The molecule has 2 heterocycles. The Morgan fingerprint density at radius 2 is 1.92 bits per heavy atom. The molecule has 1 amide bonds. The van der Waals surface area contributed by atoms with E-state index in [0.717, 1.165) is 32.4 Å². The van der Waals surface area contributed by atoms with Gasteiger partial charge in [-0.05, 0) is 37.1 Å². The number of anilines is 1. The highest BCUT2D eigenvalue weighted by atomic mass is 32.2. The molecule has 0 aliphatic rings. The summed E-state index contributed by atoms with van der Waals surface area (Å²) in [6, 6.07) is 5.63. The van der Waals surface area contributed by atoms with Crippen LogP contribution in [0.1, 0.15) is 21.3 Å². The number of hydrogen-bond acceptors (Lipinski definition) is 6. The van der Waals surface area contributed by atoms with Gasteiger partial charge in [-0.15, -0.1) is 11.3 Å². The Kier molecular flexibility index (Phi) is 4.42. The number of halogens is 1. The summed E-state index contributed by atoms with van der Waals surface area (Å²) in [7, 11) is 0. The molecule has 124 valence electrons. The van der Waals surface area contributed by atoms with Gasteiger partial charge in [0.1, 0.15) is 21.7 Å². The summed E-state index contributed by atoms with van der Waals surface area (Å²) in [5.41, 5.74) is 13.2. The molecule has 8 heteroatoms. The summed E-state index contributed by atoms with van der Waals surface area (Å²) < 4.78 is 13.1. The normalized spacial score (nSPS) is 12.5. The van der Waals surface area contributed by atoms with Gasteiger partial charge in [-0.2, -0.15) is 0 Å². The minimum Gasteiger partial charge on any atom is -0.383 e. The fourth-order valence-electron chi connectivity index (χ4n) is 2.35. The molecule has 0 aliphatic carbocycles. The number of thiophene rings is 1. The lowest BCUT2D eigenvalue weighted by atomic mass is 10.1. The second-order valence-electron chi connectivity index (χ2n) is 5.31. The molecule has 3 aromatic rings. The molecule has 2 aromatic heterocycles. The maximum atomic E-state index is 13.1. The second-order valence-corrected chi connectivity index (χ2v) is 7.58. The number of aromatic nitrogens is 2. The first-order valence-corrected chi connectivity index (χ1v) is 8.81. The van der Waals surface area contributed by atoms with Crippen molar-refractivity contribution in [1.82, 2.24) is 9.97 Å². The Balaban J connectivity index is 2.00. The van der Waals surface area contributed by atoms with E-state index >= 15 is 0 Å². The topological polar surface area (TPSA) is 94.9 Å². The zero-order chi connectivity index (χ0) is 17.4. The van der Waals surface area contributed by atoms with Gasteiger partial charge < -0.3 is 11.5 Å². The molecule has 4 N–H and O–H groups in total. The van der Waals surface area contributed by atoms with E-state index in [1.807, 2.05) is 13.8 Å². The van der Waals surface area contributed by atoms with Crippen molar-refractivity contribution in [3.8, 4) is 0 Å². The van der Waals surface area contributed by atoms with Crippen molar-refractivity contribution in [2.75, 3.05) is 5.73 Å². The molecule has 0 spiro atoms. The standard InChI is InChI=1S/C16H15FN4OS2/c1-7-8(2)23-15-11(7)13(18)20-16(21-15)24-12(14(19)22)9-3-5-10(17)6-4-9/h3-6,12H,1-2H3,(H2,19,22)(H2,18,20,21)/t12-/m1/s1. The Hall–Kier alpha value is -2.19. The Labute approximate surface area is 146 Å². The second kappa shape index (κ2) is 6.37. The molecule has 0 aliphatic heterocycles. The molecule has 0 fully saturated rings. The zero-order valence-electron chi connectivity index (χ0n) is 13.0. The molecular weight excluding hydrogens is 347 g/mol. The zero-order valence-corrected chi connectivity index (χ0v) is 14.7. The van der Waals surface area contributed by atoms with Gasteiger partial charge in [0, 0.05) is 4.88 Å². The van der Waals surface area contributed by atoms with Gasteiger partial charge in [-0.1, -0.05) is 23.9 Å². The number of primary amides is 1. The number of thioether (sulfide) groups is 1. The number of nitrogens with two attached hydrogens (primary N) is 2. The van der Waals surface area contributed by atoms with E-state index in [1.54, 1.807) is 0 Å². The number of rotatable bonds is 4. The summed E-state index contributed by atoms with van der Waals surface area (Å²) >= 11 is 2.64. The smallest absolute Gasteiger partial charge is 0.235 e. The van der Waals surface area contributed by atoms with Crippen LogP contribution in [0.4, 0.5) is 10.2 Å². The number of amides is 1. The van der Waals surface area contributed by atoms with Gasteiger partial charge in [0.05, 0.1) is 5.39 Å². The largest absolute Gasteiger partial charge is 0.383 e. The molecule has 1 aromatic carbocycles. The first-order valence-electron chi connectivity index (χ1n) is 7.11. The van der Waals surface area contributed by atoms with Crippen LogP contribution in [0.15, 0.2) is 29.4 Å². The molecule has 0 saturated heterocycles. The van der Waals surface area contributed by atoms with E-state index in [1.165, 1.54) is 35.6 Å². The molecule has 1 atom stereocenters. The van der Waals surface area contributed by atoms with E-state index in [0.29, 0.717) is 16.5 Å². The predicted octanol–water partition coefficient (Wildman–Crippen LogP) is 3.35. The van der Waals surface area contributed by atoms with Crippen molar-refractivity contribution < 1.29 is 9.18 Å². The minimum absolute atomic E-state index is 0.370. The quantitative estimate of drug-likeness (QED) is 0.548. The Bertz CT molecular complexity index is 924. The van der Waals surface area contributed by atoms with Crippen molar-refractivity contribution in [3.63, 3.8) is 0 Å². The van der Waals surface area contributed by atoms with Crippen molar-refractivity contribution >= 4 is 45.0 Å². The number of carbonyl (C=O) groups is 1. The van der Waals surface area contributed by atoms with Gasteiger partial charge in [-0.3, -0.25) is 4.79 Å². The maximum absolute atomic E-state index is 13.1. The summed E-state index contributed by atoms with van der Waals surface area (Å²) in [6.07, 6.45) is 0. The van der Waals surface area contributed by atoms with E-state index in [2.05, 4.69) is 9.97 Å². The van der Waals surface area contributed by atoms with Crippen LogP contribution in [-0.2, 0) is 4.79 Å². The lowest BCUT2D eigenvalue weighted by molar-refractivity contribution is -0.117. The summed E-state index contributed by atoms with van der Waals surface area (Å²) in [6.45, 7) is 3.98. The molecule has 24 heavy (non-hydrogen) atoms. The van der Waals surface area contributed by atoms with Gasteiger partial charge in [0.15, 0.2) is 5.16 Å². The van der Waals surface area contributed by atoms with Crippen LogP contribution in [0.2, 0.25) is 0 Å². The van der Waals surface area contributed by atoms with Crippen LogP contribution in [0, 0.1) is 19.7 Å². The molecule has 0 unspecified atom stereocenters. The third-order valence-electron chi connectivity index (χ3n) is 3.69. The van der Waals surface area contributed by atoms with Crippen LogP contribution in [0.3, 0.4) is 0 Å². The van der Waals surface area contributed by atoms with Crippen LogP contribution < -0.4 is 11.5 Å². The maximum Gasteiger partial charge on any atom is 0.235 e. The average Bonchev–Trinajstić information content (AvgIpc) is 2.81. The summed E-state index contributed by atoms with van der Waals surface area (Å²) in [4.78, 5) is 22.5. The fourth-order valence-corrected chi connectivity index (χ4v) is 4.36. The average molecular weight is 362 g/mol. The number of nitrogens with zero attached hydrogens (tertiary/aromatic N) is 2. The van der Waals surface area contributed by atoms with Gasteiger partial charge in [-0.25, -0.2) is 14.4 Å². The number of benzene rings is 1. The van der Waals surface area contributed by atoms with E-state index in [4.69, 9.17) is 11.5 Å². The molecule has 0 saturated carbocycles. The fraction of sp³-hybridized carbons (Fsp3) is 0.188. The third kappa shape index (κ3) is 3.07. The van der Waals surface area contributed by atoms with Crippen molar-refractivity contribution in [1.29, 1.82) is 0 Å². The van der Waals surface area contributed by atoms with Gasteiger partial charge in [0.25, 0.3) is 0 Å². The lowest BCUT2D eigenvalue weighted by Crippen LogP contribution is -2.19. The number of hydrogen-bond donors (Lipinski definition) is 2. The first kappa shape index (κ1) is 16.7. The first-order chi connectivity index (χ1) is 11.4. The van der Waals surface area contributed by atoms with Crippen LogP contribution >= 0.6 is 23.1 Å². The van der Waals surface area contributed by atoms with E-state index in [9.17, 15) is 9.18 Å². The predicted molar refractivity (Wildman–Crippen MR) is 95.5 cm³/mol. The Morgan fingerprint density at radius 1 is 1.25 bits per heavy atom.